The number of rotatable bonds is 9. The van der Waals surface area contributed by atoms with E-state index >= 15 is 0 Å². The van der Waals surface area contributed by atoms with Crippen molar-refractivity contribution in [3.05, 3.63) is 78.4 Å². The highest BCUT2D eigenvalue weighted by Gasteiger charge is 2.42. The van der Waals surface area contributed by atoms with Gasteiger partial charge in [-0.3, -0.25) is 0 Å². The van der Waals surface area contributed by atoms with Gasteiger partial charge in [-0.15, -0.1) is 0 Å². The van der Waals surface area contributed by atoms with Crippen molar-refractivity contribution in [1.82, 2.24) is 9.55 Å². The third kappa shape index (κ3) is 5.20. The Morgan fingerprint density at radius 2 is 2.00 bits per heavy atom. The molecule has 158 valence electrons. The smallest absolute Gasteiger partial charge is 0.187 e. The number of ether oxygens (including phenoxy) is 4. The fraction of sp³-hybridized carbons (Fsp3) is 0.375. The molecule has 6 nitrogen and oxygen atoms in total. The summed E-state index contributed by atoms with van der Waals surface area (Å²) < 4.78 is 25.8. The number of nitrogens with zero attached hydrogens (tertiary/aromatic N) is 2. The summed E-state index contributed by atoms with van der Waals surface area (Å²) in [5, 5.41) is 0. The number of aryl methyl sites for hydroxylation is 2. The normalized spacial score (nSPS) is 20.9. The highest BCUT2D eigenvalue weighted by Crippen LogP contribution is 2.31. The summed E-state index contributed by atoms with van der Waals surface area (Å²) in [6.45, 7) is 3.60. The molecule has 1 aliphatic heterocycles. The van der Waals surface area contributed by atoms with Gasteiger partial charge < -0.3 is 23.5 Å². The van der Waals surface area contributed by atoms with Gasteiger partial charge in [-0.25, -0.2) is 4.98 Å². The van der Waals surface area contributed by atoms with E-state index in [-0.39, 0.29) is 6.10 Å². The summed E-state index contributed by atoms with van der Waals surface area (Å²) in [5.74, 6) is 0.821. The van der Waals surface area contributed by atoms with Crippen LogP contribution in [0.2, 0.25) is 0 Å². The Labute approximate surface area is 177 Å². The zero-order valence-electron chi connectivity index (χ0n) is 17.5. The Balaban J connectivity index is 1.40. The van der Waals surface area contributed by atoms with E-state index in [0.29, 0.717) is 19.8 Å². The largest absolute Gasteiger partial charge is 0.497 e. The lowest BCUT2D eigenvalue weighted by Gasteiger charge is -2.28. The summed E-state index contributed by atoms with van der Waals surface area (Å²) in [4.78, 5) is 4.15. The van der Waals surface area contributed by atoms with Gasteiger partial charge in [0.15, 0.2) is 5.79 Å². The van der Waals surface area contributed by atoms with E-state index < -0.39 is 5.79 Å². The molecule has 0 spiro atoms. The molecule has 0 aliphatic carbocycles. The minimum Gasteiger partial charge on any atom is -0.497 e. The Morgan fingerprint density at radius 1 is 1.17 bits per heavy atom. The van der Waals surface area contributed by atoms with E-state index in [1.54, 1.807) is 19.6 Å². The third-order valence-electron chi connectivity index (χ3n) is 5.29. The molecular formula is C24H28N2O4. The Hall–Kier alpha value is -2.83. The van der Waals surface area contributed by atoms with Gasteiger partial charge in [0.2, 0.25) is 0 Å². The highest BCUT2D eigenvalue weighted by atomic mass is 16.8. The molecule has 0 N–H and O–H groups in total. The standard InChI is InChI=1S/C24H28N2O4/c1-19-6-8-20(9-7-19)10-11-24(17-26-13-12-25-18-26)29-16-23(30-24)15-28-22-5-3-4-21(14-22)27-2/h3-9,12-14,18,23H,10-11,15-17H2,1-2H3. The number of benzene rings is 2. The maximum atomic E-state index is 6.42. The monoisotopic (exact) mass is 408 g/mol. The van der Waals surface area contributed by atoms with Gasteiger partial charge in [-0.05, 0) is 31.0 Å². The van der Waals surface area contributed by atoms with Crippen molar-refractivity contribution in [3.63, 3.8) is 0 Å². The molecule has 0 bridgehead atoms. The van der Waals surface area contributed by atoms with Crippen molar-refractivity contribution in [1.29, 1.82) is 0 Å². The maximum absolute atomic E-state index is 6.42. The van der Waals surface area contributed by atoms with Gasteiger partial charge in [0.25, 0.3) is 0 Å². The van der Waals surface area contributed by atoms with Crippen LogP contribution in [-0.2, 0) is 22.4 Å². The molecule has 6 heteroatoms. The molecule has 2 unspecified atom stereocenters. The quantitative estimate of drug-likeness (QED) is 0.535. The summed E-state index contributed by atoms with van der Waals surface area (Å²) in [6.07, 6.45) is 6.98. The molecule has 2 aromatic carbocycles. The van der Waals surface area contributed by atoms with Crippen LogP contribution in [-0.4, -0.2) is 41.8 Å². The summed E-state index contributed by atoms with van der Waals surface area (Å²) in [5.41, 5.74) is 2.53. The van der Waals surface area contributed by atoms with Gasteiger partial charge in [-0.1, -0.05) is 35.9 Å². The minimum absolute atomic E-state index is 0.141. The van der Waals surface area contributed by atoms with E-state index in [1.165, 1.54) is 11.1 Å². The first-order valence-electron chi connectivity index (χ1n) is 10.2. The predicted molar refractivity (Wildman–Crippen MR) is 114 cm³/mol. The van der Waals surface area contributed by atoms with Crippen molar-refractivity contribution >= 4 is 0 Å². The predicted octanol–water partition coefficient (Wildman–Crippen LogP) is 4.02. The van der Waals surface area contributed by atoms with Gasteiger partial charge in [0.05, 0.1) is 26.6 Å². The number of hydrogen-bond donors (Lipinski definition) is 0. The minimum atomic E-state index is -0.700. The SMILES string of the molecule is COc1cccc(OCC2COC(CCc3ccc(C)cc3)(Cn3ccnc3)O2)c1. The van der Waals surface area contributed by atoms with E-state index in [4.69, 9.17) is 18.9 Å². The third-order valence-corrected chi connectivity index (χ3v) is 5.29. The molecule has 3 aromatic rings. The lowest BCUT2D eigenvalue weighted by Crippen LogP contribution is -2.37. The van der Waals surface area contributed by atoms with Crippen molar-refractivity contribution in [3.8, 4) is 11.5 Å². The van der Waals surface area contributed by atoms with Crippen LogP contribution in [0.15, 0.2) is 67.3 Å². The van der Waals surface area contributed by atoms with E-state index in [2.05, 4.69) is 36.2 Å². The Bertz CT molecular complexity index is 927. The van der Waals surface area contributed by atoms with Crippen molar-refractivity contribution < 1.29 is 18.9 Å². The number of aromatic nitrogens is 2. The molecule has 4 rings (SSSR count). The van der Waals surface area contributed by atoms with E-state index in [1.807, 2.05) is 35.0 Å². The van der Waals surface area contributed by atoms with Crippen molar-refractivity contribution in [2.45, 2.75) is 38.2 Å². The van der Waals surface area contributed by atoms with Crippen LogP contribution in [0.5, 0.6) is 11.5 Å². The average molecular weight is 408 g/mol. The Kier molecular flexibility index (Phi) is 6.35. The maximum Gasteiger partial charge on any atom is 0.187 e. The average Bonchev–Trinajstić information content (AvgIpc) is 3.43. The van der Waals surface area contributed by atoms with Gasteiger partial charge in [0, 0.05) is 24.9 Å². The lowest BCUT2D eigenvalue weighted by atomic mass is 10.0. The first kappa shape index (κ1) is 20.4. The van der Waals surface area contributed by atoms with Crippen molar-refractivity contribution in [2.75, 3.05) is 20.3 Å². The number of hydrogen-bond acceptors (Lipinski definition) is 5. The van der Waals surface area contributed by atoms with Crippen LogP contribution in [0.4, 0.5) is 0 Å². The van der Waals surface area contributed by atoms with Crippen LogP contribution in [0.1, 0.15) is 17.5 Å². The van der Waals surface area contributed by atoms with Crippen LogP contribution in [0.25, 0.3) is 0 Å². The first-order valence-corrected chi connectivity index (χ1v) is 10.2. The van der Waals surface area contributed by atoms with Gasteiger partial charge >= 0.3 is 0 Å². The van der Waals surface area contributed by atoms with Crippen molar-refractivity contribution in [2.24, 2.45) is 0 Å². The second kappa shape index (κ2) is 9.32. The topological polar surface area (TPSA) is 54.7 Å². The molecule has 1 saturated heterocycles. The fourth-order valence-corrected chi connectivity index (χ4v) is 3.62. The first-order chi connectivity index (χ1) is 14.6. The zero-order chi connectivity index (χ0) is 20.8. The summed E-state index contributed by atoms with van der Waals surface area (Å²) >= 11 is 0. The second-order valence-electron chi connectivity index (χ2n) is 7.67. The fourth-order valence-electron chi connectivity index (χ4n) is 3.62. The van der Waals surface area contributed by atoms with E-state index in [9.17, 15) is 0 Å². The van der Waals surface area contributed by atoms with Gasteiger partial charge in [-0.2, -0.15) is 0 Å². The van der Waals surface area contributed by atoms with Crippen LogP contribution in [0, 0.1) is 6.92 Å². The molecule has 2 heterocycles. The second-order valence-corrected chi connectivity index (χ2v) is 7.67. The van der Waals surface area contributed by atoms with Gasteiger partial charge in [0.1, 0.15) is 24.2 Å². The van der Waals surface area contributed by atoms with Crippen LogP contribution < -0.4 is 9.47 Å². The zero-order valence-corrected chi connectivity index (χ0v) is 17.5. The summed E-state index contributed by atoms with van der Waals surface area (Å²) in [7, 11) is 1.64. The van der Waals surface area contributed by atoms with Crippen LogP contribution in [0.3, 0.4) is 0 Å². The number of methoxy groups -OCH3 is 1. The molecule has 1 aliphatic rings. The summed E-state index contributed by atoms with van der Waals surface area (Å²) in [6, 6.07) is 16.2. The molecule has 30 heavy (non-hydrogen) atoms. The Morgan fingerprint density at radius 3 is 2.77 bits per heavy atom. The molecule has 0 amide bonds. The molecule has 1 aromatic heterocycles. The molecule has 1 fully saturated rings. The highest BCUT2D eigenvalue weighted by molar-refractivity contribution is 5.32. The van der Waals surface area contributed by atoms with E-state index in [0.717, 1.165) is 24.3 Å². The molecule has 2 atom stereocenters. The molecule has 0 saturated carbocycles. The lowest BCUT2D eigenvalue weighted by molar-refractivity contribution is -0.184. The molecular weight excluding hydrogens is 380 g/mol. The number of imidazole rings is 1. The van der Waals surface area contributed by atoms with Crippen LogP contribution >= 0.6 is 0 Å². The molecule has 0 radical (unpaired) electrons.